The third kappa shape index (κ3) is 1.40. The van der Waals surface area contributed by atoms with E-state index in [2.05, 4.69) is 0 Å². The maximum Gasteiger partial charge on any atom is 0.168 e. The minimum absolute atomic E-state index is 0.101. The predicted molar refractivity (Wildman–Crippen MR) is 35.7 cm³/mol. The van der Waals surface area contributed by atoms with Gasteiger partial charge in [0.2, 0.25) is 0 Å². The van der Waals surface area contributed by atoms with Gasteiger partial charge in [-0.15, -0.1) is 0 Å². The first-order valence-corrected chi connectivity index (χ1v) is 2.96. The van der Waals surface area contributed by atoms with Crippen LogP contribution in [0.4, 0.5) is 4.39 Å². The van der Waals surface area contributed by atoms with Crippen LogP contribution in [0.5, 0.6) is 11.5 Å². The molecule has 0 aliphatic heterocycles. The van der Waals surface area contributed by atoms with Crippen molar-refractivity contribution in [3.63, 3.8) is 0 Å². The fourth-order valence-corrected chi connectivity index (χ4v) is 0.721. The highest BCUT2D eigenvalue weighted by atomic mass is 19.1. The summed E-state index contributed by atoms with van der Waals surface area (Å²) in [5.41, 5.74) is 0.101. The van der Waals surface area contributed by atoms with Gasteiger partial charge in [-0.25, -0.2) is 4.39 Å². The van der Waals surface area contributed by atoms with E-state index in [1.807, 2.05) is 0 Å². The van der Waals surface area contributed by atoms with Crippen LogP contribution < -0.4 is 0 Å². The summed E-state index contributed by atoms with van der Waals surface area (Å²) >= 11 is 0. The van der Waals surface area contributed by atoms with E-state index in [1.165, 1.54) is 0 Å². The number of aromatic hydroxyl groups is 2. The molecule has 0 radical (unpaired) electrons. The third-order valence-corrected chi connectivity index (χ3v) is 1.32. The largest absolute Gasteiger partial charge is 0.507 e. The molecule has 1 aromatic carbocycles. The van der Waals surface area contributed by atoms with Crippen molar-refractivity contribution in [1.29, 1.82) is 0 Å². The Balaban J connectivity index is 3.21. The van der Waals surface area contributed by atoms with Crippen molar-refractivity contribution >= 4 is 0 Å². The normalized spacial score (nSPS) is 10.0. The Labute approximate surface area is 62.3 Å². The molecule has 0 saturated carbocycles. The lowest BCUT2D eigenvalue weighted by molar-refractivity contribution is 0.274. The molecule has 0 aromatic heterocycles. The molecule has 11 heavy (non-hydrogen) atoms. The molecule has 0 amide bonds. The van der Waals surface area contributed by atoms with Gasteiger partial charge in [-0.1, -0.05) is 0 Å². The summed E-state index contributed by atoms with van der Waals surface area (Å²) in [6.45, 7) is -0.431. The van der Waals surface area contributed by atoms with Crippen LogP contribution in [0.3, 0.4) is 0 Å². The summed E-state index contributed by atoms with van der Waals surface area (Å²) in [6.07, 6.45) is 0. The summed E-state index contributed by atoms with van der Waals surface area (Å²) in [4.78, 5) is 0. The second-order valence-corrected chi connectivity index (χ2v) is 2.09. The number of hydrogen-bond donors (Lipinski definition) is 3. The second-order valence-electron chi connectivity index (χ2n) is 2.09. The van der Waals surface area contributed by atoms with Crippen LogP contribution >= 0.6 is 0 Å². The van der Waals surface area contributed by atoms with E-state index in [4.69, 9.17) is 15.3 Å². The molecule has 0 aliphatic rings. The Morgan fingerprint density at radius 3 is 2.36 bits per heavy atom. The number of aliphatic hydroxyl groups excluding tert-OH is 1. The van der Waals surface area contributed by atoms with Gasteiger partial charge in [-0.3, -0.25) is 0 Å². The zero-order valence-corrected chi connectivity index (χ0v) is 5.58. The molecule has 0 atom stereocenters. The Morgan fingerprint density at radius 1 is 1.18 bits per heavy atom. The molecule has 0 spiro atoms. The molecule has 0 unspecified atom stereocenters. The first kappa shape index (κ1) is 7.81. The number of hydrogen-bond acceptors (Lipinski definition) is 3. The van der Waals surface area contributed by atoms with Gasteiger partial charge in [-0.05, 0) is 6.07 Å². The van der Waals surface area contributed by atoms with Crippen molar-refractivity contribution in [3.05, 3.63) is 23.5 Å². The number of phenolic OH excluding ortho intramolecular Hbond substituents is 1. The summed E-state index contributed by atoms with van der Waals surface area (Å²) in [7, 11) is 0. The van der Waals surface area contributed by atoms with Crippen LogP contribution in [0.2, 0.25) is 0 Å². The fraction of sp³-hybridized carbons (Fsp3) is 0.143. The van der Waals surface area contributed by atoms with Crippen molar-refractivity contribution < 1.29 is 19.7 Å². The standard InChI is InChI=1S/C7H7FO3/c8-5-2-6(10)4(3-9)1-7(5)11/h1-2,9-11H,3H2. The number of rotatable bonds is 1. The van der Waals surface area contributed by atoms with Crippen molar-refractivity contribution in [2.24, 2.45) is 0 Å². The highest BCUT2D eigenvalue weighted by Crippen LogP contribution is 2.25. The molecule has 4 heteroatoms. The monoisotopic (exact) mass is 158 g/mol. The summed E-state index contributed by atoms with van der Waals surface area (Å²) in [5.74, 6) is -1.84. The molecule has 0 fully saturated rings. The molecule has 0 bridgehead atoms. The highest BCUT2D eigenvalue weighted by Gasteiger charge is 2.06. The molecule has 1 aromatic rings. The van der Waals surface area contributed by atoms with Gasteiger partial charge < -0.3 is 15.3 Å². The molecular weight excluding hydrogens is 151 g/mol. The Hall–Kier alpha value is -1.29. The summed E-state index contributed by atoms with van der Waals surface area (Å²) < 4.78 is 12.4. The van der Waals surface area contributed by atoms with Crippen molar-refractivity contribution in [3.8, 4) is 11.5 Å². The van der Waals surface area contributed by atoms with Crippen LogP contribution in [0, 0.1) is 5.82 Å². The first-order valence-electron chi connectivity index (χ1n) is 2.96. The van der Waals surface area contributed by atoms with E-state index in [0.29, 0.717) is 0 Å². The third-order valence-electron chi connectivity index (χ3n) is 1.32. The number of aliphatic hydroxyl groups is 1. The quantitative estimate of drug-likeness (QED) is 0.528. The molecule has 3 nitrogen and oxygen atoms in total. The van der Waals surface area contributed by atoms with Crippen LogP contribution in [-0.4, -0.2) is 15.3 Å². The van der Waals surface area contributed by atoms with Gasteiger partial charge in [-0.2, -0.15) is 0 Å². The average Bonchev–Trinajstić information content (AvgIpc) is 1.97. The molecule has 1 rings (SSSR count). The zero-order chi connectivity index (χ0) is 8.43. The van der Waals surface area contributed by atoms with Crippen molar-refractivity contribution in [1.82, 2.24) is 0 Å². The predicted octanol–water partition coefficient (Wildman–Crippen LogP) is 0.729. The van der Waals surface area contributed by atoms with E-state index in [9.17, 15) is 4.39 Å². The van der Waals surface area contributed by atoms with Gasteiger partial charge in [0, 0.05) is 11.6 Å². The molecule has 0 saturated heterocycles. The number of benzene rings is 1. The molecule has 0 heterocycles. The Morgan fingerprint density at radius 2 is 1.82 bits per heavy atom. The molecule has 3 N–H and O–H groups in total. The summed E-state index contributed by atoms with van der Waals surface area (Å²) in [6, 6.07) is 1.73. The van der Waals surface area contributed by atoms with Crippen molar-refractivity contribution in [2.45, 2.75) is 6.61 Å². The Bertz CT molecular complexity index is 273. The second kappa shape index (κ2) is 2.75. The fourth-order valence-electron chi connectivity index (χ4n) is 0.721. The number of phenols is 2. The summed E-state index contributed by atoms with van der Waals surface area (Å²) in [5, 5.41) is 26.2. The van der Waals surface area contributed by atoms with E-state index >= 15 is 0 Å². The Kier molecular flexibility index (Phi) is 1.96. The van der Waals surface area contributed by atoms with Gasteiger partial charge in [0.15, 0.2) is 11.6 Å². The van der Waals surface area contributed by atoms with Gasteiger partial charge >= 0.3 is 0 Å². The van der Waals surface area contributed by atoms with Crippen molar-refractivity contribution in [2.75, 3.05) is 0 Å². The average molecular weight is 158 g/mol. The van der Waals surface area contributed by atoms with Crippen LogP contribution in [0.15, 0.2) is 12.1 Å². The molecule has 60 valence electrons. The van der Waals surface area contributed by atoms with E-state index in [-0.39, 0.29) is 11.3 Å². The van der Waals surface area contributed by atoms with Crippen LogP contribution in [0.1, 0.15) is 5.56 Å². The minimum Gasteiger partial charge on any atom is -0.507 e. The lowest BCUT2D eigenvalue weighted by atomic mass is 10.2. The van der Waals surface area contributed by atoms with Crippen LogP contribution in [-0.2, 0) is 6.61 Å². The maximum absolute atomic E-state index is 12.4. The first-order chi connectivity index (χ1) is 5.15. The maximum atomic E-state index is 12.4. The number of halogens is 1. The lowest BCUT2D eigenvalue weighted by Crippen LogP contribution is -1.86. The SMILES string of the molecule is OCc1cc(O)c(F)cc1O. The van der Waals surface area contributed by atoms with E-state index in [0.717, 1.165) is 12.1 Å². The van der Waals surface area contributed by atoms with Gasteiger partial charge in [0.1, 0.15) is 5.75 Å². The van der Waals surface area contributed by atoms with Gasteiger partial charge in [0.25, 0.3) is 0 Å². The minimum atomic E-state index is -0.903. The zero-order valence-electron chi connectivity index (χ0n) is 5.58. The van der Waals surface area contributed by atoms with Gasteiger partial charge in [0.05, 0.1) is 6.61 Å². The lowest BCUT2D eigenvalue weighted by Gasteiger charge is -2.01. The topological polar surface area (TPSA) is 60.7 Å². The smallest absolute Gasteiger partial charge is 0.168 e. The molecule has 0 aliphatic carbocycles. The van der Waals surface area contributed by atoms with E-state index < -0.39 is 18.2 Å². The van der Waals surface area contributed by atoms with E-state index in [1.54, 1.807) is 0 Å². The van der Waals surface area contributed by atoms with Crippen LogP contribution in [0.25, 0.3) is 0 Å². The highest BCUT2D eigenvalue weighted by molar-refractivity contribution is 5.39. The molecular formula is C7H7FO3.